The van der Waals surface area contributed by atoms with Gasteiger partial charge >= 0.3 is 0 Å². The molecule has 0 aliphatic carbocycles. The van der Waals surface area contributed by atoms with Gasteiger partial charge in [0, 0.05) is 37.2 Å². The average molecular weight is 258 g/mol. The first-order chi connectivity index (χ1) is 9.34. The lowest BCUT2D eigenvalue weighted by Crippen LogP contribution is -2.26. The molecule has 0 aromatic carbocycles. The second kappa shape index (κ2) is 5.40. The van der Waals surface area contributed by atoms with Gasteiger partial charge in [0.2, 0.25) is 0 Å². The zero-order chi connectivity index (χ0) is 13.1. The maximum Gasteiger partial charge on any atom is 0.176 e. The Kier molecular flexibility index (Phi) is 3.46. The zero-order valence-electron chi connectivity index (χ0n) is 11.0. The van der Waals surface area contributed by atoms with Crippen LogP contribution in [0.15, 0.2) is 36.8 Å². The highest BCUT2D eigenvalue weighted by Gasteiger charge is 2.23. The lowest BCUT2D eigenvalue weighted by Gasteiger charge is -2.21. The average Bonchev–Trinajstić information content (AvgIpc) is 3.13. The molecule has 0 spiro atoms. The van der Waals surface area contributed by atoms with E-state index in [0.29, 0.717) is 12.0 Å². The Morgan fingerprint density at radius 1 is 1.42 bits per heavy atom. The minimum Gasteiger partial charge on any atom is -0.381 e. The molecule has 2 unspecified atom stereocenters. The van der Waals surface area contributed by atoms with Crippen LogP contribution in [0.1, 0.15) is 13.3 Å². The van der Waals surface area contributed by atoms with Crippen LogP contribution in [-0.2, 0) is 4.74 Å². The monoisotopic (exact) mass is 258 g/mol. The molecule has 0 bridgehead atoms. The van der Waals surface area contributed by atoms with Crippen LogP contribution in [0, 0.1) is 5.92 Å². The normalized spacial score (nSPS) is 20.4. The first kappa shape index (κ1) is 12.2. The van der Waals surface area contributed by atoms with Crippen molar-refractivity contribution in [1.82, 2.24) is 14.8 Å². The van der Waals surface area contributed by atoms with Gasteiger partial charge in [0.15, 0.2) is 5.82 Å². The molecule has 1 N–H and O–H groups in total. The van der Waals surface area contributed by atoms with Crippen molar-refractivity contribution in [3.63, 3.8) is 0 Å². The van der Waals surface area contributed by atoms with Crippen LogP contribution in [0.25, 0.3) is 5.82 Å². The van der Waals surface area contributed by atoms with Crippen molar-refractivity contribution in [1.29, 1.82) is 0 Å². The van der Waals surface area contributed by atoms with Gasteiger partial charge in [-0.25, -0.2) is 9.67 Å². The van der Waals surface area contributed by atoms with Gasteiger partial charge in [-0.1, -0.05) is 0 Å². The molecule has 0 amide bonds. The van der Waals surface area contributed by atoms with E-state index in [-0.39, 0.29) is 0 Å². The molecule has 0 radical (unpaired) electrons. The Morgan fingerprint density at radius 2 is 2.37 bits per heavy atom. The summed E-state index contributed by atoms with van der Waals surface area (Å²) in [6.07, 6.45) is 6.56. The minimum atomic E-state index is 0.362. The Balaban J connectivity index is 1.80. The molecule has 1 aliphatic rings. The summed E-state index contributed by atoms with van der Waals surface area (Å²) in [5, 5.41) is 7.78. The molecule has 3 heterocycles. The van der Waals surface area contributed by atoms with Crippen molar-refractivity contribution in [2.45, 2.75) is 19.4 Å². The summed E-state index contributed by atoms with van der Waals surface area (Å²) < 4.78 is 7.22. The number of hydrogen-bond acceptors (Lipinski definition) is 4. The summed E-state index contributed by atoms with van der Waals surface area (Å²) >= 11 is 0. The number of aromatic nitrogens is 3. The molecule has 0 saturated carbocycles. The number of anilines is 1. The second-order valence-electron chi connectivity index (χ2n) is 4.88. The minimum absolute atomic E-state index is 0.362. The van der Waals surface area contributed by atoms with E-state index in [1.807, 2.05) is 24.4 Å². The predicted octanol–water partition coefficient (Wildman–Crippen LogP) is 2.10. The largest absolute Gasteiger partial charge is 0.381 e. The predicted molar refractivity (Wildman–Crippen MR) is 73.4 cm³/mol. The molecular formula is C14H18N4O. The Morgan fingerprint density at radius 3 is 3.11 bits per heavy atom. The Labute approximate surface area is 112 Å². The van der Waals surface area contributed by atoms with Crippen molar-refractivity contribution >= 4 is 5.69 Å². The van der Waals surface area contributed by atoms with Crippen LogP contribution in [0.4, 0.5) is 5.69 Å². The number of ether oxygens (including phenoxy) is 1. The number of rotatable bonds is 4. The quantitative estimate of drug-likeness (QED) is 0.912. The smallest absolute Gasteiger partial charge is 0.176 e. The SMILES string of the molecule is CC(Nc1cccnc1-n1cccn1)C1CCOC1. The summed E-state index contributed by atoms with van der Waals surface area (Å²) in [6, 6.07) is 6.23. The maximum absolute atomic E-state index is 5.45. The number of nitrogens with one attached hydrogen (secondary N) is 1. The van der Waals surface area contributed by atoms with Gasteiger partial charge in [-0.3, -0.25) is 0 Å². The molecule has 2 aromatic rings. The first-order valence-corrected chi connectivity index (χ1v) is 6.64. The van der Waals surface area contributed by atoms with Gasteiger partial charge in [0.05, 0.1) is 12.3 Å². The molecular weight excluding hydrogens is 240 g/mol. The van der Waals surface area contributed by atoms with Gasteiger partial charge in [0.1, 0.15) is 0 Å². The maximum atomic E-state index is 5.45. The van der Waals surface area contributed by atoms with Gasteiger partial charge in [-0.15, -0.1) is 0 Å². The molecule has 100 valence electrons. The van der Waals surface area contributed by atoms with Crippen molar-refractivity contribution in [3.05, 3.63) is 36.8 Å². The van der Waals surface area contributed by atoms with E-state index in [0.717, 1.165) is 31.1 Å². The van der Waals surface area contributed by atoms with Gasteiger partial charge in [0.25, 0.3) is 0 Å². The zero-order valence-corrected chi connectivity index (χ0v) is 11.0. The highest BCUT2D eigenvalue weighted by atomic mass is 16.5. The van der Waals surface area contributed by atoms with E-state index in [4.69, 9.17) is 4.74 Å². The lowest BCUT2D eigenvalue weighted by atomic mass is 10.0. The third kappa shape index (κ3) is 2.61. The van der Waals surface area contributed by atoms with Gasteiger partial charge < -0.3 is 10.1 Å². The van der Waals surface area contributed by atoms with Crippen molar-refractivity contribution in [3.8, 4) is 5.82 Å². The highest BCUT2D eigenvalue weighted by Crippen LogP contribution is 2.23. The Bertz CT molecular complexity index is 520. The molecule has 1 fully saturated rings. The molecule has 2 atom stereocenters. The third-order valence-electron chi connectivity index (χ3n) is 3.56. The van der Waals surface area contributed by atoms with Crippen LogP contribution in [0.5, 0.6) is 0 Å². The fourth-order valence-corrected chi connectivity index (χ4v) is 2.40. The van der Waals surface area contributed by atoms with Crippen LogP contribution in [0.2, 0.25) is 0 Å². The van der Waals surface area contributed by atoms with Crippen LogP contribution in [0.3, 0.4) is 0 Å². The summed E-state index contributed by atoms with van der Waals surface area (Å²) in [7, 11) is 0. The van der Waals surface area contributed by atoms with E-state index in [1.54, 1.807) is 17.1 Å². The van der Waals surface area contributed by atoms with Crippen molar-refractivity contribution in [2.75, 3.05) is 18.5 Å². The van der Waals surface area contributed by atoms with E-state index in [1.165, 1.54) is 0 Å². The van der Waals surface area contributed by atoms with Gasteiger partial charge in [-0.2, -0.15) is 5.10 Å². The topological polar surface area (TPSA) is 52.0 Å². The molecule has 5 nitrogen and oxygen atoms in total. The highest BCUT2D eigenvalue weighted by molar-refractivity contribution is 5.56. The van der Waals surface area contributed by atoms with Crippen LogP contribution in [-0.4, -0.2) is 34.0 Å². The fourth-order valence-electron chi connectivity index (χ4n) is 2.40. The van der Waals surface area contributed by atoms with E-state index >= 15 is 0 Å². The van der Waals surface area contributed by atoms with Gasteiger partial charge in [-0.05, 0) is 31.5 Å². The third-order valence-corrected chi connectivity index (χ3v) is 3.56. The van der Waals surface area contributed by atoms with Crippen LogP contribution < -0.4 is 5.32 Å². The molecule has 3 rings (SSSR count). The number of nitrogens with zero attached hydrogens (tertiary/aromatic N) is 3. The summed E-state index contributed by atoms with van der Waals surface area (Å²) in [5.74, 6) is 1.39. The van der Waals surface area contributed by atoms with Crippen molar-refractivity contribution in [2.24, 2.45) is 5.92 Å². The molecule has 5 heteroatoms. The van der Waals surface area contributed by atoms with E-state index in [2.05, 4.69) is 22.3 Å². The summed E-state index contributed by atoms with van der Waals surface area (Å²) in [6.45, 7) is 3.90. The standard InChI is InChI=1S/C14H18N4O/c1-11(12-5-9-19-10-12)17-13-4-2-6-15-14(13)18-8-3-7-16-18/h2-4,6-8,11-12,17H,5,9-10H2,1H3. The molecule has 19 heavy (non-hydrogen) atoms. The first-order valence-electron chi connectivity index (χ1n) is 6.64. The second-order valence-corrected chi connectivity index (χ2v) is 4.88. The fraction of sp³-hybridized carbons (Fsp3) is 0.429. The number of pyridine rings is 1. The molecule has 1 saturated heterocycles. The van der Waals surface area contributed by atoms with Crippen molar-refractivity contribution < 1.29 is 4.74 Å². The van der Waals surface area contributed by atoms with E-state index < -0.39 is 0 Å². The van der Waals surface area contributed by atoms with Crippen LogP contribution >= 0.6 is 0 Å². The van der Waals surface area contributed by atoms with E-state index in [9.17, 15) is 0 Å². The summed E-state index contributed by atoms with van der Waals surface area (Å²) in [5.41, 5.74) is 1.01. The molecule has 2 aromatic heterocycles. The Hall–Kier alpha value is -1.88. The molecule has 1 aliphatic heterocycles. The number of hydrogen-bond donors (Lipinski definition) is 1. The lowest BCUT2D eigenvalue weighted by molar-refractivity contribution is 0.183. The summed E-state index contributed by atoms with van der Waals surface area (Å²) in [4.78, 5) is 4.41.